The van der Waals surface area contributed by atoms with Crippen molar-refractivity contribution in [2.24, 2.45) is 0 Å². The zero-order valence-corrected chi connectivity index (χ0v) is 11.1. The van der Waals surface area contributed by atoms with Crippen LogP contribution in [0.15, 0.2) is 59.5 Å². The van der Waals surface area contributed by atoms with Crippen molar-refractivity contribution in [2.75, 3.05) is 6.54 Å². The van der Waals surface area contributed by atoms with Crippen LogP contribution in [0.5, 0.6) is 0 Å². The van der Waals surface area contributed by atoms with Gasteiger partial charge in [-0.25, -0.2) is 12.8 Å². The van der Waals surface area contributed by atoms with Crippen LogP contribution in [0, 0.1) is 5.82 Å². The number of sulfone groups is 1. The number of hydrogen-bond acceptors (Lipinski definition) is 2. The molecule has 0 radical (unpaired) electrons. The van der Waals surface area contributed by atoms with Crippen molar-refractivity contribution in [3.63, 3.8) is 0 Å². The molecule has 0 unspecified atom stereocenters. The quantitative estimate of drug-likeness (QED) is 0.924. The Balaban J connectivity index is 2.48. The van der Waals surface area contributed by atoms with Gasteiger partial charge in [-0.05, 0) is 29.8 Å². The molecule has 3 nitrogen and oxygen atoms in total. The Labute approximate surface area is 111 Å². The molecule has 1 atom stereocenters. The van der Waals surface area contributed by atoms with E-state index in [4.69, 9.17) is 0 Å². The van der Waals surface area contributed by atoms with Gasteiger partial charge in [-0.1, -0.05) is 30.3 Å². The van der Waals surface area contributed by atoms with Gasteiger partial charge in [0.25, 0.3) is 0 Å². The summed E-state index contributed by atoms with van der Waals surface area (Å²) >= 11 is 0. The number of benzene rings is 2. The zero-order valence-electron chi connectivity index (χ0n) is 10.3. The average molecular weight is 280 g/mol. The summed E-state index contributed by atoms with van der Waals surface area (Å²) in [5.74, 6) is -0.445. The van der Waals surface area contributed by atoms with E-state index in [1.165, 1.54) is 30.3 Å². The molecule has 2 rings (SSSR count). The van der Waals surface area contributed by atoms with Crippen molar-refractivity contribution in [3.05, 3.63) is 66.0 Å². The first-order chi connectivity index (χ1) is 9.05. The van der Waals surface area contributed by atoms with Gasteiger partial charge in [0.2, 0.25) is 0 Å². The molecule has 0 bridgehead atoms. The van der Waals surface area contributed by atoms with Gasteiger partial charge in [-0.15, -0.1) is 0 Å². The van der Waals surface area contributed by atoms with Crippen LogP contribution in [0.1, 0.15) is 10.8 Å². The van der Waals surface area contributed by atoms with E-state index in [1.54, 1.807) is 24.3 Å². The molecule has 5 heteroatoms. The third-order valence-corrected chi connectivity index (χ3v) is 5.12. The first-order valence-electron chi connectivity index (χ1n) is 5.89. The minimum absolute atomic E-state index is 0.153. The normalized spacial score (nSPS) is 13.2. The maximum atomic E-state index is 13.2. The predicted octanol–water partition coefficient (Wildman–Crippen LogP) is 1.58. The van der Waals surface area contributed by atoms with Crippen LogP contribution in [0.25, 0.3) is 0 Å². The van der Waals surface area contributed by atoms with Gasteiger partial charge in [0.1, 0.15) is 11.1 Å². The molecule has 2 aromatic rings. The van der Waals surface area contributed by atoms with Gasteiger partial charge in [0.15, 0.2) is 9.84 Å². The highest BCUT2D eigenvalue weighted by atomic mass is 32.2. The predicted molar refractivity (Wildman–Crippen MR) is 70.5 cm³/mol. The fourth-order valence-electron chi connectivity index (χ4n) is 1.98. The summed E-state index contributed by atoms with van der Waals surface area (Å²) in [6, 6.07) is 13.8. The number of halogens is 1. The molecule has 0 heterocycles. The minimum Gasteiger partial charge on any atom is -0.356 e. The van der Waals surface area contributed by atoms with E-state index in [0.29, 0.717) is 5.56 Å². The van der Waals surface area contributed by atoms with Crippen LogP contribution in [0.2, 0.25) is 0 Å². The molecule has 0 saturated carbocycles. The average Bonchev–Trinajstić information content (AvgIpc) is 2.40. The highest BCUT2D eigenvalue weighted by Crippen LogP contribution is 2.27. The first kappa shape index (κ1) is 13.7. The van der Waals surface area contributed by atoms with Crippen molar-refractivity contribution in [1.82, 2.24) is 0 Å². The number of quaternary nitrogens is 1. The molecule has 19 heavy (non-hydrogen) atoms. The molecular formula is C14H15FNO2S+. The second-order valence-electron chi connectivity index (χ2n) is 4.19. The van der Waals surface area contributed by atoms with E-state index >= 15 is 0 Å². The van der Waals surface area contributed by atoms with E-state index in [9.17, 15) is 12.8 Å². The van der Waals surface area contributed by atoms with Crippen LogP contribution in [-0.4, -0.2) is 15.0 Å². The molecule has 100 valence electrons. The fraction of sp³-hybridized carbons (Fsp3) is 0.143. The third kappa shape index (κ3) is 2.83. The maximum absolute atomic E-state index is 13.2. The SMILES string of the molecule is [NH3+]C[C@H](c1cccc(F)c1)S(=O)(=O)c1ccccc1. The standard InChI is InChI=1S/C14H14FNO2S/c15-12-6-4-5-11(9-12)14(10-16)19(17,18)13-7-2-1-3-8-13/h1-9,14H,10,16H2/p+1/t14-/m1/s1. The molecule has 2 aromatic carbocycles. The molecule has 3 N–H and O–H groups in total. The summed E-state index contributed by atoms with van der Waals surface area (Å²) in [4.78, 5) is 0.230. The van der Waals surface area contributed by atoms with Gasteiger partial charge in [-0.2, -0.15) is 0 Å². The summed E-state index contributed by atoms with van der Waals surface area (Å²) < 4.78 is 38.3. The van der Waals surface area contributed by atoms with Gasteiger partial charge in [-0.3, -0.25) is 0 Å². The molecule has 0 aliphatic rings. The highest BCUT2D eigenvalue weighted by Gasteiger charge is 2.29. The van der Waals surface area contributed by atoms with Gasteiger partial charge in [0, 0.05) is 0 Å². The Morgan fingerprint density at radius 3 is 2.32 bits per heavy atom. The Hall–Kier alpha value is -1.72. The Morgan fingerprint density at radius 2 is 1.74 bits per heavy atom. The lowest BCUT2D eigenvalue weighted by molar-refractivity contribution is -0.367. The van der Waals surface area contributed by atoms with E-state index in [-0.39, 0.29) is 11.4 Å². The topological polar surface area (TPSA) is 61.8 Å². The van der Waals surface area contributed by atoms with Gasteiger partial charge in [0.05, 0.1) is 11.4 Å². The Bertz CT molecular complexity index is 656. The van der Waals surface area contributed by atoms with E-state index in [2.05, 4.69) is 5.73 Å². The highest BCUT2D eigenvalue weighted by molar-refractivity contribution is 7.91. The zero-order chi connectivity index (χ0) is 13.9. The lowest BCUT2D eigenvalue weighted by atomic mass is 10.1. The first-order valence-corrected chi connectivity index (χ1v) is 7.44. The third-order valence-electron chi connectivity index (χ3n) is 2.93. The van der Waals surface area contributed by atoms with E-state index in [0.717, 1.165) is 0 Å². The lowest BCUT2D eigenvalue weighted by Gasteiger charge is -2.14. The minimum atomic E-state index is -3.55. The van der Waals surface area contributed by atoms with Crippen LogP contribution in [-0.2, 0) is 9.84 Å². The number of rotatable bonds is 4. The summed E-state index contributed by atoms with van der Waals surface area (Å²) in [6.07, 6.45) is 0. The number of hydrogen-bond donors (Lipinski definition) is 1. The second-order valence-corrected chi connectivity index (χ2v) is 6.32. The van der Waals surface area contributed by atoms with Crippen LogP contribution in [0.4, 0.5) is 4.39 Å². The van der Waals surface area contributed by atoms with Crippen LogP contribution < -0.4 is 5.73 Å². The largest absolute Gasteiger partial charge is 0.356 e. The van der Waals surface area contributed by atoms with Crippen LogP contribution in [0.3, 0.4) is 0 Å². The van der Waals surface area contributed by atoms with Crippen molar-refractivity contribution in [3.8, 4) is 0 Å². The summed E-state index contributed by atoms with van der Waals surface area (Å²) in [7, 11) is -3.55. The molecule has 0 aromatic heterocycles. The van der Waals surface area contributed by atoms with E-state index < -0.39 is 20.9 Å². The van der Waals surface area contributed by atoms with Crippen molar-refractivity contribution < 1.29 is 18.5 Å². The summed E-state index contributed by atoms with van der Waals surface area (Å²) in [6.45, 7) is 0.153. The van der Waals surface area contributed by atoms with Crippen molar-refractivity contribution in [1.29, 1.82) is 0 Å². The maximum Gasteiger partial charge on any atom is 0.190 e. The van der Waals surface area contributed by atoms with Crippen molar-refractivity contribution in [2.45, 2.75) is 10.1 Å². The molecule has 0 fully saturated rings. The molecule has 0 aliphatic carbocycles. The molecule has 0 aliphatic heterocycles. The molecule has 0 saturated heterocycles. The Kier molecular flexibility index (Phi) is 3.97. The fourth-order valence-corrected chi connectivity index (χ4v) is 3.66. The van der Waals surface area contributed by atoms with Crippen LogP contribution >= 0.6 is 0 Å². The smallest absolute Gasteiger partial charge is 0.190 e. The van der Waals surface area contributed by atoms with Gasteiger partial charge < -0.3 is 5.73 Å². The summed E-state index contributed by atoms with van der Waals surface area (Å²) in [5.41, 5.74) is 4.11. The molecule has 0 amide bonds. The van der Waals surface area contributed by atoms with Gasteiger partial charge >= 0.3 is 0 Å². The summed E-state index contributed by atoms with van der Waals surface area (Å²) in [5, 5.41) is -0.828. The monoisotopic (exact) mass is 280 g/mol. The van der Waals surface area contributed by atoms with E-state index in [1.807, 2.05) is 0 Å². The van der Waals surface area contributed by atoms with Crippen molar-refractivity contribution >= 4 is 9.84 Å². The molecular weight excluding hydrogens is 265 g/mol. The second kappa shape index (κ2) is 5.50. The molecule has 0 spiro atoms. The Morgan fingerprint density at radius 1 is 1.05 bits per heavy atom. The lowest BCUT2D eigenvalue weighted by Crippen LogP contribution is -2.54.